The van der Waals surface area contributed by atoms with Gasteiger partial charge in [0.05, 0.1) is 23.1 Å². The third kappa shape index (κ3) is 5.19. The molecular formula is C23H26N2O4S. The molecule has 1 amide bonds. The summed E-state index contributed by atoms with van der Waals surface area (Å²) in [5.74, 6) is 0.546. The molecule has 1 heterocycles. The average molecular weight is 427 g/mol. The Hall–Kier alpha value is -2.85. The fourth-order valence-corrected chi connectivity index (χ4v) is 5.41. The van der Waals surface area contributed by atoms with Crippen molar-refractivity contribution in [1.82, 2.24) is 4.90 Å². The van der Waals surface area contributed by atoms with E-state index in [2.05, 4.69) is 6.07 Å². The van der Waals surface area contributed by atoms with Crippen LogP contribution in [-0.2, 0) is 14.6 Å². The number of rotatable bonds is 7. The monoisotopic (exact) mass is 426 g/mol. The fraction of sp³-hybridized carbons (Fsp3) is 0.391. The molecular weight excluding hydrogens is 400 g/mol. The number of sulfone groups is 1. The van der Waals surface area contributed by atoms with Gasteiger partial charge < -0.3 is 9.64 Å². The first-order chi connectivity index (χ1) is 14.3. The highest BCUT2D eigenvalue weighted by atomic mass is 32.2. The summed E-state index contributed by atoms with van der Waals surface area (Å²) in [5, 5.41) is 8.90. The highest BCUT2D eigenvalue weighted by Gasteiger charge is 2.36. The molecule has 0 unspecified atom stereocenters. The Kier molecular flexibility index (Phi) is 6.78. The van der Waals surface area contributed by atoms with E-state index >= 15 is 0 Å². The Balaban J connectivity index is 1.64. The quantitative estimate of drug-likeness (QED) is 0.677. The van der Waals surface area contributed by atoms with Gasteiger partial charge in [0, 0.05) is 12.1 Å². The Morgan fingerprint density at radius 3 is 2.27 bits per heavy atom. The molecule has 0 saturated carbocycles. The van der Waals surface area contributed by atoms with Gasteiger partial charge in [-0.1, -0.05) is 31.2 Å². The SMILES string of the molecule is CC[C@H](C)N(C(=O)COc1ccc(-c2ccc(C#N)cc2)cc1)[C@@H]1CCS(=O)(=O)C1. The molecule has 1 saturated heterocycles. The molecule has 1 aliphatic rings. The molecule has 158 valence electrons. The molecule has 0 N–H and O–H groups in total. The molecule has 2 aromatic carbocycles. The third-order valence-corrected chi connectivity index (χ3v) is 7.27. The van der Waals surface area contributed by atoms with Crippen LogP contribution in [0, 0.1) is 11.3 Å². The van der Waals surface area contributed by atoms with E-state index in [0.717, 1.165) is 17.5 Å². The van der Waals surface area contributed by atoms with E-state index in [1.807, 2.05) is 38.1 Å². The van der Waals surface area contributed by atoms with Crippen molar-refractivity contribution in [3.8, 4) is 22.9 Å². The number of ether oxygens (including phenoxy) is 1. The summed E-state index contributed by atoms with van der Waals surface area (Å²) >= 11 is 0. The number of hydrogen-bond acceptors (Lipinski definition) is 5. The van der Waals surface area contributed by atoms with Crippen molar-refractivity contribution in [2.24, 2.45) is 0 Å². The fourth-order valence-electron chi connectivity index (χ4n) is 3.70. The minimum atomic E-state index is -3.07. The maximum atomic E-state index is 12.8. The van der Waals surface area contributed by atoms with Gasteiger partial charge in [0.25, 0.3) is 5.91 Å². The van der Waals surface area contributed by atoms with Crippen LogP contribution in [0.5, 0.6) is 5.75 Å². The molecule has 3 rings (SSSR count). The number of amides is 1. The van der Waals surface area contributed by atoms with Crippen molar-refractivity contribution >= 4 is 15.7 Å². The highest BCUT2D eigenvalue weighted by Crippen LogP contribution is 2.24. The van der Waals surface area contributed by atoms with Crippen molar-refractivity contribution in [3.05, 3.63) is 54.1 Å². The van der Waals surface area contributed by atoms with E-state index in [1.165, 1.54) is 0 Å². The van der Waals surface area contributed by atoms with Gasteiger partial charge in [0.15, 0.2) is 16.4 Å². The zero-order chi connectivity index (χ0) is 21.7. The molecule has 0 spiro atoms. The Labute approximate surface area is 178 Å². The second-order valence-electron chi connectivity index (χ2n) is 7.62. The topological polar surface area (TPSA) is 87.5 Å². The van der Waals surface area contributed by atoms with E-state index in [1.54, 1.807) is 29.2 Å². The van der Waals surface area contributed by atoms with Gasteiger partial charge in [0.1, 0.15) is 5.75 Å². The van der Waals surface area contributed by atoms with Crippen LogP contribution in [0.1, 0.15) is 32.3 Å². The number of nitrogens with zero attached hydrogens (tertiary/aromatic N) is 2. The number of benzene rings is 2. The number of carbonyl (C=O) groups is 1. The number of nitriles is 1. The maximum Gasteiger partial charge on any atom is 0.261 e. The van der Waals surface area contributed by atoms with Crippen LogP contribution < -0.4 is 4.74 Å². The van der Waals surface area contributed by atoms with E-state index in [-0.39, 0.29) is 36.1 Å². The molecule has 2 aromatic rings. The van der Waals surface area contributed by atoms with Gasteiger partial charge in [-0.25, -0.2) is 8.42 Å². The van der Waals surface area contributed by atoms with E-state index in [0.29, 0.717) is 17.7 Å². The average Bonchev–Trinajstić information content (AvgIpc) is 3.11. The largest absolute Gasteiger partial charge is 0.484 e. The van der Waals surface area contributed by atoms with Crippen LogP contribution in [0.25, 0.3) is 11.1 Å². The van der Waals surface area contributed by atoms with Crippen LogP contribution in [-0.4, -0.2) is 49.4 Å². The van der Waals surface area contributed by atoms with Crippen molar-refractivity contribution in [2.75, 3.05) is 18.1 Å². The number of hydrogen-bond donors (Lipinski definition) is 0. The third-order valence-electron chi connectivity index (χ3n) is 5.52. The molecule has 0 radical (unpaired) electrons. The van der Waals surface area contributed by atoms with E-state index in [9.17, 15) is 13.2 Å². The van der Waals surface area contributed by atoms with Gasteiger partial charge in [0.2, 0.25) is 0 Å². The van der Waals surface area contributed by atoms with Crippen molar-refractivity contribution in [2.45, 2.75) is 38.8 Å². The van der Waals surface area contributed by atoms with E-state index in [4.69, 9.17) is 10.00 Å². The minimum Gasteiger partial charge on any atom is -0.484 e. The summed E-state index contributed by atoms with van der Waals surface area (Å²) in [6.07, 6.45) is 1.24. The second kappa shape index (κ2) is 9.31. The molecule has 1 fully saturated rings. The molecule has 0 aromatic heterocycles. The second-order valence-corrected chi connectivity index (χ2v) is 9.85. The molecule has 2 atom stereocenters. The maximum absolute atomic E-state index is 12.8. The summed E-state index contributed by atoms with van der Waals surface area (Å²) in [6.45, 7) is 3.80. The standard InChI is InChI=1S/C23H26N2O4S/c1-3-17(2)25(21-12-13-30(27,28)16-21)23(26)15-29-22-10-8-20(9-11-22)19-6-4-18(14-24)5-7-19/h4-11,17,21H,3,12-13,15-16H2,1-2H3/t17-,21+/m0/s1. The lowest BCUT2D eigenvalue weighted by Crippen LogP contribution is -2.48. The van der Waals surface area contributed by atoms with Crippen LogP contribution in [0.2, 0.25) is 0 Å². The molecule has 1 aliphatic heterocycles. The zero-order valence-corrected chi connectivity index (χ0v) is 18.1. The predicted octanol–water partition coefficient (Wildman–Crippen LogP) is 3.42. The zero-order valence-electron chi connectivity index (χ0n) is 17.2. The molecule has 30 heavy (non-hydrogen) atoms. The lowest BCUT2D eigenvalue weighted by molar-refractivity contribution is -0.137. The van der Waals surface area contributed by atoms with Crippen molar-refractivity contribution < 1.29 is 17.9 Å². The summed E-state index contributed by atoms with van der Waals surface area (Å²) in [5.41, 5.74) is 2.58. The molecule has 0 aliphatic carbocycles. The van der Waals surface area contributed by atoms with Gasteiger partial charge in [-0.05, 0) is 55.2 Å². The molecule has 6 nitrogen and oxygen atoms in total. The summed E-state index contributed by atoms with van der Waals surface area (Å²) in [7, 11) is -3.07. The van der Waals surface area contributed by atoms with Crippen LogP contribution in [0.4, 0.5) is 0 Å². The van der Waals surface area contributed by atoms with Gasteiger partial charge >= 0.3 is 0 Å². The van der Waals surface area contributed by atoms with Gasteiger partial charge in [-0.3, -0.25) is 4.79 Å². The van der Waals surface area contributed by atoms with Gasteiger partial charge in [-0.15, -0.1) is 0 Å². The van der Waals surface area contributed by atoms with Crippen molar-refractivity contribution in [1.29, 1.82) is 5.26 Å². The Morgan fingerprint density at radius 1 is 1.17 bits per heavy atom. The molecule has 0 bridgehead atoms. The summed E-state index contributed by atoms with van der Waals surface area (Å²) in [6, 6.07) is 16.5. The first-order valence-corrected chi connectivity index (χ1v) is 11.9. The first-order valence-electron chi connectivity index (χ1n) is 10.1. The Morgan fingerprint density at radius 2 is 1.77 bits per heavy atom. The predicted molar refractivity (Wildman–Crippen MR) is 116 cm³/mol. The summed E-state index contributed by atoms with van der Waals surface area (Å²) < 4.78 is 29.4. The highest BCUT2D eigenvalue weighted by molar-refractivity contribution is 7.91. The lowest BCUT2D eigenvalue weighted by Gasteiger charge is -2.33. The van der Waals surface area contributed by atoms with Crippen LogP contribution in [0.15, 0.2) is 48.5 Å². The molecule has 7 heteroatoms. The lowest BCUT2D eigenvalue weighted by atomic mass is 10.0. The number of carbonyl (C=O) groups excluding carboxylic acids is 1. The van der Waals surface area contributed by atoms with Crippen LogP contribution in [0.3, 0.4) is 0 Å². The van der Waals surface area contributed by atoms with Gasteiger partial charge in [-0.2, -0.15) is 5.26 Å². The minimum absolute atomic E-state index is 0.0301. The normalized spacial score (nSPS) is 18.4. The van der Waals surface area contributed by atoms with Crippen molar-refractivity contribution in [3.63, 3.8) is 0 Å². The smallest absolute Gasteiger partial charge is 0.261 e. The Bertz CT molecular complexity index is 1020. The van der Waals surface area contributed by atoms with E-state index < -0.39 is 9.84 Å². The summed E-state index contributed by atoms with van der Waals surface area (Å²) in [4.78, 5) is 14.5. The van der Waals surface area contributed by atoms with Crippen LogP contribution >= 0.6 is 0 Å². The first kappa shape index (κ1) is 21.8.